The van der Waals surface area contributed by atoms with Crippen LogP contribution in [-0.2, 0) is 11.1 Å². The summed E-state index contributed by atoms with van der Waals surface area (Å²) in [5.41, 5.74) is 2.74. The molecule has 4 heteroatoms. The summed E-state index contributed by atoms with van der Waals surface area (Å²) in [4.78, 5) is 0.431. The van der Waals surface area contributed by atoms with Gasteiger partial charge in [0, 0.05) is 4.90 Å². The first kappa shape index (κ1) is 12.6. The second-order valence-electron chi connectivity index (χ2n) is 2.96. The average Bonchev–Trinajstić information content (AvgIpc) is 1.82. The highest BCUT2D eigenvalue weighted by Crippen LogP contribution is 2.18. The maximum Gasteiger partial charge on any atom is 0.0903 e. The maximum atomic E-state index is 10.8. The molecule has 0 aliphatic rings. The summed E-state index contributed by atoms with van der Waals surface area (Å²) < 4.78 is 21.5. The molecule has 0 saturated carbocycles. The Bertz CT molecular complexity index is 313. The van der Waals surface area contributed by atoms with Gasteiger partial charge in [0.25, 0.3) is 0 Å². The van der Waals surface area contributed by atoms with Gasteiger partial charge in [-0.3, -0.25) is 4.21 Å². The van der Waals surface area contributed by atoms with Crippen molar-refractivity contribution in [2.24, 2.45) is 0 Å². The Morgan fingerprint density at radius 2 is 1.54 bits per heavy atom. The molecule has 74 valence electrons. The van der Waals surface area contributed by atoms with Gasteiger partial charge in [0.2, 0.25) is 0 Å². The van der Waals surface area contributed by atoms with Gasteiger partial charge in [0.05, 0.1) is 12.4 Å². The molecule has 13 heavy (non-hydrogen) atoms. The lowest BCUT2D eigenvalue weighted by atomic mass is 10.1. The van der Waals surface area contributed by atoms with Crippen LogP contribution in [0.4, 0.5) is 0 Å². The molecule has 0 aliphatic carbocycles. The molecule has 0 fully saturated rings. The predicted molar refractivity (Wildman–Crippen MR) is 50.6 cm³/mol. The van der Waals surface area contributed by atoms with Crippen LogP contribution >= 0.6 is 0 Å². The molecule has 1 aromatic rings. The van der Waals surface area contributed by atoms with Crippen molar-refractivity contribution in [3.05, 3.63) is 28.8 Å². The van der Waals surface area contributed by atoms with Crippen LogP contribution in [0.1, 0.15) is 16.7 Å². The monoisotopic (exact) mass is 220 g/mol. The van der Waals surface area contributed by atoms with Crippen LogP contribution in [0.25, 0.3) is 0 Å². The lowest BCUT2D eigenvalue weighted by Crippen LogP contribution is -1.97. The van der Waals surface area contributed by atoms with E-state index in [0.29, 0.717) is 4.90 Å². The van der Waals surface area contributed by atoms with E-state index in [0.717, 1.165) is 16.7 Å². The lowest BCUT2D eigenvalue weighted by Gasteiger charge is -2.12. The van der Waals surface area contributed by atoms with Crippen LogP contribution in [0.5, 0.6) is 0 Å². The first-order chi connectivity index (χ1) is 5.52. The van der Waals surface area contributed by atoms with E-state index in [4.69, 9.17) is 0 Å². The summed E-state index contributed by atoms with van der Waals surface area (Å²) in [7, 11) is 0. The summed E-state index contributed by atoms with van der Waals surface area (Å²) in [6.07, 6.45) is 0. The SMILES string of the molecule is Cc1cc(C)c(S(=O)[O-])c(C)c1.[ClH2+]. The van der Waals surface area contributed by atoms with E-state index in [-0.39, 0.29) is 12.4 Å². The third-order valence-corrected chi connectivity index (χ3v) is 2.75. The van der Waals surface area contributed by atoms with Crippen LogP contribution in [0.3, 0.4) is 0 Å². The maximum absolute atomic E-state index is 10.8. The van der Waals surface area contributed by atoms with Gasteiger partial charge in [-0.2, -0.15) is 0 Å². The first-order valence-corrected chi connectivity index (χ1v) is 4.77. The Hall–Kier alpha value is -0.380. The van der Waals surface area contributed by atoms with Gasteiger partial charge >= 0.3 is 0 Å². The van der Waals surface area contributed by atoms with Crippen molar-refractivity contribution in [2.45, 2.75) is 25.7 Å². The molecular weight excluding hydrogens is 208 g/mol. The Balaban J connectivity index is 0.00000144. The molecule has 0 amide bonds. The highest BCUT2D eigenvalue weighted by molar-refractivity contribution is 7.79. The molecular formula is C9H13ClO2S. The molecule has 0 bridgehead atoms. The molecule has 2 nitrogen and oxygen atoms in total. The Labute approximate surface area is 87.1 Å². The number of aryl methyl sites for hydroxylation is 3. The number of hydrogen-bond donors (Lipinski definition) is 0. The van der Waals surface area contributed by atoms with Crippen LogP contribution in [0.2, 0.25) is 0 Å². The van der Waals surface area contributed by atoms with Gasteiger partial charge < -0.3 is 4.55 Å². The highest BCUT2D eigenvalue weighted by atomic mass is 35.5. The minimum Gasteiger partial charge on any atom is -0.768 e. The molecule has 0 aromatic heterocycles. The van der Waals surface area contributed by atoms with Crippen molar-refractivity contribution in [3.63, 3.8) is 0 Å². The van der Waals surface area contributed by atoms with Crippen molar-refractivity contribution >= 4 is 11.1 Å². The van der Waals surface area contributed by atoms with Crippen LogP contribution in [-0.4, -0.2) is 8.76 Å². The zero-order valence-corrected chi connectivity index (χ0v) is 9.54. The number of halogens is 1. The number of benzene rings is 1. The third kappa shape index (κ3) is 2.79. The second-order valence-corrected chi connectivity index (χ2v) is 3.84. The fourth-order valence-corrected chi connectivity index (χ4v) is 2.07. The van der Waals surface area contributed by atoms with E-state index in [1.165, 1.54) is 0 Å². The molecule has 1 unspecified atom stereocenters. The molecule has 0 heterocycles. The fraction of sp³-hybridized carbons (Fsp3) is 0.333. The molecule has 0 saturated heterocycles. The largest absolute Gasteiger partial charge is 0.768 e. The van der Waals surface area contributed by atoms with Gasteiger partial charge in [-0.25, -0.2) is 0 Å². The highest BCUT2D eigenvalue weighted by Gasteiger charge is 2.02. The van der Waals surface area contributed by atoms with Gasteiger partial charge in [-0.1, -0.05) is 17.7 Å². The molecule has 1 aromatic carbocycles. The Morgan fingerprint density at radius 1 is 1.15 bits per heavy atom. The zero-order valence-electron chi connectivity index (χ0n) is 7.83. The summed E-state index contributed by atoms with van der Waals surface area (Å²) in [5, 5.41) is 0. The summed E-state index contributed by atoms with van der Waals surface area (Å²) in [6, 6.07) is 3.75. The van der Waals surface area contributed by atoms with Gasteiger partial charge in [-0.05, 0) is 43.0 Å². The molecule has 0 N–H and O–H groups in total. The van der Waals surface area contributed by atoms with Crippen molar-refractivity contribution < 1.29 is 21.2 Å². The topological polar surface area (TPSA) is 40.1 Å². The molecule has 0 radical (unpaired) electrons. The summed E-state index contributed by atoms with van der Waals surface area (Å²) >= 11 is -2.11. The Kier molecular flexibility index (Phi) is 4.61. The smallest absolute Gasteiger partial charge is 0.0903 e. The fourth-order valence-electron chi connectivity index (χ4n) is 1.43. The molecule has 0 spiro atoms. The summed E-state index contributed by atoms with van der Waals surface area (Å²) in [5.74, 6) is 0. The zero-order chi connectivity index (χ0) is 9.30. The Morgan fingerprint density at radius 3 is 1.85 bits per heavy atom. The average molecular weight is 221 g/mol. The lowest BCUT2D eigenvalue weighted by molar-refractivity contribution is -0.00000523. The van der Waals surface area contributed by atoms with Crippen LogP contribution in [0.15, 0.2) is 17.0 Å². The van der Waals surface area contributed by atoms with Crippen molar-refractivity contribution in [1.82, 2.24) is 0 Å². The predicted octanol–water partition coefficient (Wildman–Crippen LogP) is 1.31. The van der Waals surface area contributed by atoms with Gasteiger partial charge in [-0.15, -0.1) is 0 Å². The van der Waals surface area contributed by atoms with Crippen LogP contribution < -0.4 is 0 Å². The van der Waals surface area contributed by atoms with E-state index < -0.39 is 11.1 Å². The van der Waals surface area contributed by atoms with E-state index in [1.807, 2.05) is 32.9 Å². The van der Waals surface area contributed by atoms with Crippen molar-refractivity contribution in [3.8, 4) is 0 Å². The molecule has 0 aliphatic heterocycles. The second kappa shape index (κ2) is 4.74. The quantitative estimate of drug-likeness (QED) is 0.670. The van der Waals surface area contributed by atoms with Crippen LogP contribution in [0, 0.1) is 33.2 Å². The standard InChI is InChI=1S/C9H12O2S.ClH2/c1-6-4-7(2)9(12(10)11)8(3)5-6;/h4-5H,1-3H3,(H,10,11);1H2/q;+1/p-1. The minimum absolute atomic E-state index is 0. The third-order valence-electron chi connectivity index (χ3n) is 1.77. The number of hydrogen-bond acceptors (Lipinski definition) is 2. The van der Waals surface area contributed by atoms with Crippen molar-refractivity contribution in [2.75, 3.05) is 0 Å². The van der Waals surface area contributed by atoms with Crippen molar-refractivity contribution in [1.29, 1.82) is 0 Å². The van der Waals surface area contributed by atoms with E-state index in [1.54, 1.807) is 0 Å². The molecule has 1 rings (SSSR count). The molecule has 1 atom stereocenters. The first-order valence-electron chi connectivity index (χ1n) is 3.69. The summed E-state index contributed by atoms with van der Waals surface area (Å²) in [6.45, 7) is 5.58. The van der Waals surface area contributed by atoms with Gasteiger partial charge in [0.1, 0.15) is 0 Å². The van der Waals surface area contributed by atoms with E-state index in [9.17, 15) is 8.76 Å². The minimum atomic E-state index is -2.11. The van der Waals surface area contributed by atoms with Gasteiger partial charge in [0.15, 0.2) is 0 Å². The normalized spacial score (nSPS) is 12.0. The number of rotatable bonds is 1. The van der Waals surface area contributed by atoms with E-state index in [2.05, 4.69) is 0 Å². The van der Waals surface area contributed by atoms with E-state index >= 15 is 0 Å².